The third kappa shape index (κ3) is 6.36. The minimum absolute atomic E-state index is 0.114. The molecule has 1 atom stereocenters. The van der Waals surface area contributed by atoms with E-state index in [2.05, 4.69) is 14.6 Å². The van der Waals surface area contributed by atoms with Crippen LogP contribution in [-0.4, -0.2) is 44.2 Å². The molecule has 0 N–H and O–H groups in total. The molecule has 2 aromatic carbocycles. The summed E-state index contributed by atoms with van der Waals surface area (Å²) in [6.07, 6.45) is -13.4. The Morgan fingerprint density at radius 1 is 1.03 bits per heavy atom. The number of benzene rings is 2. The number of alkyl halides is 6. The monoisotopic (exact) mass is 517 g/mol. The lowest BCUT2D eigenvalue weighted by Gasteiger charge is -2.22. The van der Waals surface area contributed by atoms with E-state index in [1.54, 1.807) is 24.3 Å². The van der Waals surface area contributed by atoms with Crippen molar-refractivity contribution in [3.8, 4) is 28.3 Å². The molecule has 0 saturated carbocycles. The number of nitrogens with zero attached hydrogens (tertiary/aromatic N) is 1. The molecule has 0 aliphatic carbocycles. The Labute approximate surface area is 199 Å². The van der Waals surface area contributed by atoms with Crippen molar-refractivity contribution in [2.45, 2.75) is 18.8 Å². The van der Waals surface area contributed by atoms with E-state index in [0.717, 1.165) is 12.1 Å². The first-order valence-corrected chi connectivity index (χ1v) is 9.89. The predicted octanol–water partition coefficient (Wildman–Crippen LogP) is 5.97. The fourth-order valence-electron chi connectivity index (χ4n) is 3.01. The summed E-state index contributed by atoms with van der Waals surface area (Å²) >= 11 is 0. The first-order valence-electron chi connectivity index (χ1n) is 9.89. The second-order valence-corrected chi connectivity index (χ2v) is 6.95. The van der Waals surface area contributed by atoms with Crippen molar-refractivity contribution in [2.24, 2.45) is 0 Å². The van der Waals surface area contributed by atoms with Gasteiger partial charge >= 0.3 is 24.8 Å². The molecular weight excluding hydrogens is 500 g/mol. The van der Waals surface area contributed by atoms with Crippen molar-refractivity contribution in [1.82, 2.24) is 5.16 Å². The van der Waals surface area contributed by atoms with Crippen molar-refractivity contribution >= 4 is 11.5 Å². The quantitative estimate of drug-likeness (QED) is 0.150. The molecule has 192 valence electrons. The van der Waals surface area contributed by atoms with E-state index in [1.165, 1.54) is 38.7 Å². The zero-order chi connectivity index (χ0) is 26.5. The number of halogens is 6. The summed E-state index contributed by atoms with van der Waals surface area (Å²) in [4.78, 5) is 12.2. The summed E-state index contributed by atoms with van der Waals surface area (Å²) in [6, 6.07) is 12.6. The smallest absolute Gasteiger partial charge is 0.503 e. The molecule has 1 heterocycles. The number of aromatic nitrogens is 1. The van der Waals surface area contributed by atoms with Crippen LogP contribution in [0.3, 0.4) is 0 Å². The third-order valence-electron chi connectivity index (χ3n) is 4.54. The molecule has 0 radical (unpaired) electrons. The van der Waals surface area contributed by atoms with Crippen LogP contribution < -0.4 is 4.74 Å². The molecule has 1 aromatic heterocycles. The van der Waals surface area contributed by atoms with Gasteiger partial charge in [-0.3, -0.25) is 0 Å². The van der Waals surface area contributed by atoms with Gasteiger partial charge in [0.2, 0.25) is 0 Å². The fourth-order valence-corrected chi connectivity index (χ4v) is 3.01. The SMILES string of the molecule is CO/C=C(/C(=O)OC)c1ccccc1-c1cc(-c2ccc(OC(F)(F)C(F)OC(F)(F)F)cc2)on1. The summed E-state index contributed by atoms with van der Waals surface area (Å²) in [5.74, 6) is -1.11. The van der Waals surface area contributed by atoms with Crippen LogP contribution in [0.4, 0.5) is 26.3 Å². The number of hydrogen-bond donors (Lipinski definition) is 0. The lowest BCUT2D eigenvalue weighted by molar-refractivity contribution is -0.411. The standard InChI is InChI=1S/C23H17F6NO6/c1-32-12-17(20(31)33-2)15-5-3-4-6-16(15)18-11-19(36-30-18)13-7-9-14(10-8-13)34-22(25,26)21(24)35-23(27,28)29/h3-12,21H,1-2H3/b17-12+. The number of esters is 1. The lowest BCUT2D eigenvalue weighted by atomic mass is 9.98. The van der Waals surface area contributed by atoms with Gasteiger partial charge in [0.15, 0.2) is 5.76 Å². The summed E-state index contributed by atoms with van der Waals surface area (Å²) < 4.78 is 98.2. The molecule has 7 nitrogen and oxygen atoms in total. The van der Waals surface area contributed by atoms with Crippen LogP contribution >= 0.6 is 0 Å². The van der Waals surface area contributed by atoms with Gasteiger partial charge in [-0.2, -0.15) is 8.78 Å². The summed E-state index contributed by atoms with van der Waals surface area (Å²) in [7, 11) is 2.57. The van der Waals surface area contributed by atoms with Crippen LogP contribution in [0.1, 0.15) is 5.56 Å². The second kappa shape index (κ2) is 10.7. The Bertz CT molecular complexity index is 1220. The number of methoxy groups -OCH3 is 2. The molecule has 0 aliphatic rings. The maximum Gasteiger partial charge on any atom is 0.525 e. The molecule has 3 rings (SSSR count). The highest BCUT2D eigenvalue weighted by molar-refractivity contribution is 6.17. The highest BCUT2D eigenvalue weighted by Gasteiger charge is 2.50. The molecule has 1 unspecified atom stereocenters. The zero-order valence-electron chi connectivity index (χ0n) is 18.5. The summed E-state index contributed by atoms with van der Waals surface area (Å²) in [5, 5.41) is 3.97. The Morgan fingerprint density at radius 3 is 2.31 bits per heavy atom. The van der Waals surface area contributed by atoms with Crippen molar-refractivity contribution in [2.75, 3.05) is 14.2 Å². The molecule has 36 heavy (non-hydrogen) atoms. The van der Waals surface area contributed by atoms with Gasteiger partial charge in [0.1, 0.15) is 17.0 Å². The number of carbonyl (C=O) groups is 1. The van der Waals surface area contributed by atoms with Crippen molar-refractivity contribution < 1.29 is 54.6 Å². The molecule has 0 saturated heterocycles. The third-order valence-corrected chi connectivity index (χ3v) is 4.54. The van der Waals surface area contributed by atoms with Crippen LogP contribution in [0.5, 0.6) is 5.75 Å². The van der Waals surface area contributed by atoms with E-state index in [-0.39, 0.29) is 11.3 Å². The highest BCUT2D eigenvalue weighted by atomic mass is 19.4. The van der Waals surface area contributed by atoms with E-state index in [1.807, 2.05) is 0 Å². The van der Waals surface area contributed by atoms with E-state index < -0.39 is 30.5 Å². The molecule has 0 aliphatic heterocycles. The van der Waals surface area contributed by atoms with E-state index in [9.17, 15) is 31.1 Å². The van der Waals surface area contributed by atoms with Crippen LogP contribution in [0.25, 0.3) is 28.2 Å². The van der Waals surface area contributed by atoms with Gasteiger partial charge in [0.25, 0.3) is 0 Å². The number of rotatable bonds is 9. The Kier molecular flexibility index (Phi) is 7.93. The molecule has 0 amide bonds. The molecule has 13 heteroatoms. The van der Waals surface area contributed by atoms with Crippen LogP contribution in [-0.2, 0) is 19.0 Å². The van der Waals surface area contributed by atoms with Gasteiger partial charge < -0.3 is 18.7 Å². The number of hydrogen-bond acceptors (Lipinski definition) is 7. The van der Waals surface area contributed by atoms with Gasteiger partial charge in [-0.25, -0.2) is 13.9 Å². The summed E-state index contributed by atoms with van der Waals surface area (Å²) in [6.45, 7) is 0. The van der Waals surface area contributed by atoms with Crippen LogP contribution in [0.15, 0.2) is 65.4 Å². The molecular formula is C23H17F6NO6. The van der Waals surface area contributed by atoms with Crippen molar-refractivity contribution in [3.63, 3.8) is 0 Å². The van der Waals surface area contributed by atoms with E-state index in [0.29, 0.717) is 22.4 Å². The maximum atomic E-state index is 13.6. The van der Waals surface area contributed by atoms with Gasteiger partial charge in [-0.05, 0) is 24.3 Å². The fraction of sp³-hybridized carbons (Fsp3) is 0.217. The average molecular weight is 517 g/mol. The first kappa shape index (κ1) is 26.6. The predicted molar refractivity (Wildman–Crippen MR) is 112 cm³/mol. The van der Waals surface area contributed by atoms with Gasteiger partial charge in [-0.15, -0.1) is 13.2 Å². The largest absolute Gasteiger partial charge is 0.525 e. The Hall–Kier alpha value is -4.00. The average Bonchev–Trinajstić information content (AvgIpc) is 3.31. The topological polar surface area (TPSA) is 80.0 Å². The van der Waals surface area contributed by atoms with Crippen molar-refractivity contribution in [3.05, 3.63) is 66.4 Å². The van der Waals surface area contributed by atoms with Crippen LogP contribution in [0, 0.1) is 0 Å². The minimum atomic E-state index is -5.62. The zero-order valence-corrected chi connectivity index (χ0v) is 18.5. The Balaban J connectivity index is 1.83. The Morgan fingerprint density at radius 2 is 1.69 bits per heavy atom. The number of carbonyl (C=O) groups excluding carboxylic acids is 1. The molecule has 0 bridgehead atoms. The number of ether oxygens (including phenoxy) is 4. The normalized spacial score (nSPS) is 13.3. The second-order valence-electron chi connectivity index (χ2n) is 6.95. The van der Waals surface area contributed by atoms with Gasteiger partial charge in [0.05, 0.1) is 20.5 Å². The minimum Gasteiger partial charge on any atom is -0.503 e. The van der Waals surface area contributed by atoms with E-state index in [4.69, 9.17) is 14.0 Å². The van der Waals surface area contributed by atoms with Gasteiger partial charge in [0, 0.05) is 22.8 Å². The van der Waals surface area contributed by atoms with Gasteiger partial charge in [-0.1, -0.05) is 29.4 Å². The summed E-state index contributed by atoms with van der Waals surface area (Å²) in [5.41, 5.74) is 1.66. The highest BCUT2D eigenvalue weighted by Crippen LogP contribution is 2.34. The molecule has 0 fully saturated rings. The maximum absolute atomic E-state index is 13.6. The molecule has 0 spiro atoms. The van der Waals surface area contributed by atoms with Crippen molar-refractivity contribution in [1.29, 1.82) is 0 Å². The lowest BCUT2D eigenvalue weighted by Crippen LogP contribution is -2.41. The van der Waals surface area contributed by atoms with Crippen LogP contribution in [0.2, 0.25) is 0 Å². The molecule has 3 aromatic rings. The first-order chi connectivity index (χ1) is 16.9. The van der Waals surface area contributed by atoms with E-state index >= 15 is 0 Å².